The van der Waals surface area contributed by atoms with Crippen molar-refractivity contribution in [1.29, 1.82) is 0 Å². The Morgan fingerprint density at radius 1 is 0.967 bits per heavy atom. The van der Waals surface area contributed by atoms with Crippen LogP contribution in [-0.2, 0) is 17.6 Å². The van der Waals surface area contributed by atoms with Gasteiger partial charge >= 0.3 is 5.97 Å². The number of ketones is 1. The molecule has 0 saturated heterocycles. The molecule has 0 saturated carbocycles. The third kappa shape index (κ3) is 3.77. The van der Waals surface area contributed by atoms with Crippen LogP contribution in [0.4, 0.5) is 0 Å². The largest absolute Gasteiger partial charge is 0.497 e. The van der Waals surface area contributed by atoms with Crippen LogP contribution in [0.1, 0.15) is 49.2 Å². The van der Waals surface area contributed by atoms with Crippen LogP contribution in [0, 0.1) is 13.8 Å². The summed E-state index contributed by atoms with van der Waals surface area (Å²) in [5, 5.41) is 0. The Balaban J connectivity index is 1.52. The Morgan fingerprint density at radius 2 is 1.73 bits per heavy atom. The maximum Gasteiger partial charge on any atom is 0.349 e. The van der Waals surface area contributed by atoms with Crippen LogP contribution in [-0.4, -0.2) is 25.0 Å². The topological polar surface area (TPSA) is 52.6 Å². The van der Waals surface area contributed by atoms with E-state index in [1.165, 1.54) is 16.9 Å². The fraction of sp³-hybridized carbons (Fsp3) is 0.280. The van der Waals surface area contributed by atoms with E-state index in [1.54, 1.807) is 20.1 Å². The van der Waals surface area contributed by atoms with Crippen LogP contribution in [0.2, 0.25) is 0 Å². The van der Waals surface area contributed by atoms with Gasteiger partial charge < -0.3 is 9.47 Å². The molecular formula is C25H24O4S. The second-order valence-electron chi connectivity index (χ2n) is 7.70. The van der Waals surface area contributed by atoms with Crippen molar-refractivity contribution in [3.05, 3.63) is 75.2 Å². The lowest BCUT2D eigenvalue weighted by Gasteiger charge is -2.16. The average molecular weight is 421 g/mol. The summed E-state index contributed by atoms with van der Waals surface area (Å²) in [5.74, 6) is 0.200. The van der Waals surface area contributed by atoms with Crippen LogP contribution >= 0.6 is 11.3 Å². The second-order valence-corrected chi connectivity index (χ2v) is 8.75. The number of aryl methyl sites for hydroxylation is 4. The number of hydrogen-bond donors (Lipinski definition) is 0. The van der Waals surface area contributed by atoms with E-state index in [-0.39, 0.29) is 5.78 Å². The highest BCUT2D eigenvalue weighted by molar-refractivity contribution is 7.17. The predicted molar refractivity (Wildman–Crippen MR) is 119 cm³/mol. The zero-order chi connectivity index (χ0) is 21.4. The standard InChI is InChI=1S/C25H24O4S/c1-14-5-6-18(11-15(14)2)23(26)16(3)29-25(27)22-13-19-8-7-17-12-20(28-4)9-10-21(17)24(19)30-22/h5-6,9-13,16H,7-8H2,1-4H3/t16-/m0/s1. The van der Waals surface area contributed by atoms with Gasteiger partial charge in [-0.2, -0.15) is 0 Å². The quantitative estimate of drug-likeness (QED) is 0.400. The minimum atomic E-state index is -0.838. The minimum absolute atomic E-state index is 0.190. The lowest BCUT2D eigenvalue weighted by atomic mass is 9.91. The molecule has 0 fully saturated rings. The number of thiophene rings is 1. The molecule has 1 heterocycles. The molecule has 5 heteroatoms. The molecule has 1 aromatic heterocycles. The maximum absolute atomic E-state index is 12.8. The van der Waals surface area contributed by atoms with E-state index >= 15 is 0 Å². The highest BCUT2D eigenvalue weighted by Crippen LogP contribution is 2.41. The molecule has 0 unspecified atom stereocenters. The van der Waals surface area contributed by atoms with Crippen molar-refractivity contribution in [2.45, 2.75) is 39.7 Å². The summed E-state index contributed by atoms with van der Waals surface area (Å²) >= 11 is 1.43. The van der Waals surface area contributed by atoms with Crippen molar-refractivity contribution in [3.8, 4) is 16.2 Å². The monoisotopic (exact) mass is 420 g/mol. The lowest BCUT2D eigenvalue weighted by molar-refractivity contribution is 0.0323. The van der Waals surface area contributed by atoms with Gasteiger partial charge in [0, 0.05) is 10.4 Å². The van der Waals surface area contributed by atoms with Crippen molar-refractivity contribution in [2.24, 2.45) is 0 Å². The van der Waals surface area contributed by atoms with Crippen molar-refractivity contribution >= 4 is 23.1 Å². The van der Waals surface area contributed by atoms with E-state index in [0.29, 0.717) is 10.4 Å². The molecule has 154 valence electrons. The molecule has 0 amide bonds. The Bertz CT molecular complexity index is 1140. The molecule has 1 aliphatic carbocycles. The first kappa shape index (κ1) is 20.4. The molecule has 4 rings (SSSR count). The SMILES string of the molecule is COc1ccc2c(c1)CCc1cc(C(=O)O[C@@H](C)C(=O)c3ccc(C)c(C)c3)sc1-2. The highest BCUT2D eigenvalue weighted by atomic mass is 32.1. The number of ether oxygens (including phenoxy) is 2. The van der Waals surface area contributed by atoms with Gasteiger partial charge in [0.25, 0.3) is 0 Å². The number of Topliss-reactive ketones (excluding diaryl/α,β-unsaturated/α-hetero) is 1. The van der Waals surface area contributed by atoms with Gasteiger partial charge in [-0.25, -0.2) is 4.79 Å². The van der Waals surface area contributed by atoms with Crippen LogP contribution < -0.4 is 4.74 Å². The van der Waals surface area contributed by atoms with Crippen LogP contribution in [0.5, 0.6) is 5.75 Å². The Hall–Kier alpha value is -2.92. The third-order valence-electron chi connectivity index (χ3n) is 5.68. The van der Waals surface area contributed by atoms with Crippen molar-refractivity contribution in [3.63, 3.8) is 0 Å². The fourth-order valence-corrected chi connectivity index (χ4v) is 4.89. The Kier molecular flexibility index (Phi) is 5.48. The Morgan fingerprint density at radius 3 is 2.47 bits per heavy atom. The molecular weight excluding hydrogens is 396 g/mol. The van der Waals surface area contributed by atoms with Crippen molar-refractivity contribution in [2.75, 3.05) is 7.11 Å². The first-order valence-electron chi connectivity index (χ1n) is 10.00. The predicted octanol–water partition coefficient (Wildman–Crippen LogP) is 5.57. The van der Waals surface area contributed by atoms with Gasteiger partial charge in [0.2, 0.25) is 5.78 Å². The zero-order valence-electron chi connectivity index (χ0n) is 17.6. The summed E-state index contributed by atoms with van der Waals surface area (Å²) in [6.45, 7) is 5.59. The Labute approximate surface area is 180 Å². The molecule has 30 heavy (non-hydrogen) atoms. The fourth-order valence-electron chi connectivity index (χ4n) is 3.74. The minimum Gasteiger partial charge on any atom is -0.497 e. The first-order chi connectivity index (χ1) is 14.4. The molecule has 1 atom stereocenters. The molecule has 0 bridgehead atoms. The van der Waals surface area contributed by atoms with E-state index in [1.807, 2.05) is 44.2 Å². The number of rotatable bonds is 5. The molecule has 0 N–H and O–H groups in total. The van der Waals surface area contributed by atoms with Crippen LogP contribution in [0.15, 0.2) is 42.5 Å². The van der Waals surface area contributed by atoms with Gasteiger partial charge in [-0.3, -0.25) is 4.79 Å². The van der Waals surface area contributed by atoms with E-state index in [2.05, 4.69) is 6.07 Å². The normalized spacial score (nSPS) is 13.2. The first-order valence-corrected chi connectivity index (χ1v) is 10.8. The second kappa shape index (κ2) is 8.07. The molecule has 4 nitrogen and oxygen atoms in total. The van der Waals surface area contributed by atoms with Gasteiger partial charge in [0.15, 0.2) is 6.10 Å². The zero-order valence-corrected chi connectivity index (χ0v) is 18.4. The number of carbonyl (C=O) groups is 2. The molecule has 3 aromatic rings. The number of fused-ring (bicyclic) bond motifs is 3. The molecule has 2 aromatic carbocycles. The highest BCUT2D eigenvalue weighted by Gasteiger charge is 2.25. The molecule has 0 spiro atoms. The van der Waals surface area contributed by atoms with E-state index in [0.717, 1.165) is 45.7 Å². The summed E-state index contributed by atoms with van der Waals surface area (Å²) in [5.41, 5.74) is 6.24. The number of benzene rings is 2. The number of esters is 1. The van der Waals surface area contributed by atoms with Crippen molar-refractivity contribution < 1.29 is 19.1 Å². The van der Waals surface area contributed by atoms with Gasteiger partial charge in [0.05, 0.1) is 7.11 Å². The summed E-state index contributed by atoms with van der Waals surface area (Å²) in [6, 6.07) is 13.5. The van der Waals surface area contributed by atoms with Gasteiger partial charge in [-0.05, 0) is 91.8 Å². The average Bonchev–Trinajstić information content (AvgIpc) is 3.19. The smallest absolute Gasteiger partial charge is 0.349 e. The van der Waals surface area contributed by atoms with Gasteiger partial charge in [-0.1, -0.05) is 12.1 Å². The molecule has 0 aliphatic heterocycles. The van der Waals surface area contributed by atoms with E-state index in [9.17, 15) is 9.59 Å². The number of carbonyl (C=O) groups excluding carboxylic acids is 2. The van der Waals surface area contributed by atoms with Gasteiger partial charge in [-0.15, -0.1) is 11.3 Å². The van der Waals surface area contributed by atoms with Crippen LogP contribution in [0.25, 0.3) is 10.4 Å². The van der Waals surface area contributed by atoms with Crippen LogP contribution in [0.3, 0.4) is 0 Å². The van der Waals surface area contributed by atoms with Gasteiger partial charge in [0.1, 0.15) is 10.6 Å². The number of hydrogen-bond acceptors (Lipinski definition) is 5. The third-order valence-corrected chi connectivity index (χ3v) is 6.87. The summed E-state index contributed by atoms with van der Waals surface area (Å²) in [6.07, 6.45) is 0.943. The summed E-state index contributed by atoms with van der Waals surface area (Å²) in [4.78, 5) is 27.1. The lowest BCUT2D eigenvalue weighted by Crippen LogP contribution is -2.24. The maximum atomic E-state index is 12.8. The van der Waals surface area contributed by atoms with Crippen molar-refractivity contribution in [1.82, 2.24) is 0 Å². The summed E-state index contributed by atoms with van der Waals surface area (Å²) < 4.78 is 10.9. The van der Waals surface area contributed by atoms with E-state index in [4.69, 9.17) is 9.47 Å². The number of methoxy groups -OCH3 is 1. The molecule has 1 aliphatic rings. The summed E-state index contributed by atoms with van der Waals surface area (Å²) in [7, 11) is 1.66. The van der Waals surface area contributed by atoms with E-state index < -0.39 is 12.1 Å². The molecule has 0 radical (unpaired) electrons.